The number of para-hydroxylation sites is 2. The van der Waals surface area contributed by atoms with Crippen molar-refractivity contribution < 1.29 is 13.5 Å². The van der Waals surface area contributed by atoms with Gasteiger partial charge in [0.1, 0.15) is 5.75 Å². The van der Waals surface area contributed by atoms with Gasteiger partial charge in [0.15, 0.2) is 4.47 Å². The Hall–Kier alpha value is -1.40. The van der Waals surface area contributed by atoms with Gasteiger partial charge < -0.3 is 10.1 Å². The largest absolute Gasteiger partial charge is 0.433 e. The average Bonchev–Trinajstić information content (AvgIpc) is 2.73. The molecule has 0 aliphatic heterocycles. The Morgan fingerprint density at radius 1 is 1.39 bits per heavy atom. The lowest BCUT2D eigenvalue weighted by Gasteiger charge is -2.11. The first-order chi connectivity index (χ1) is 8.65. The third-order valence-electron chi connectivity index (χ3n) is 2.08. The number of anilines is 1. The van der Waals surface area contributed by atoms with Gasteiger partial charge >= 0.3 is 6.61 Å². The van der Waals surface area contributed by atoms with E-state index in [2.05, 4.69) is 15.0 Å². The maximum atomic E-state index is 12.2. The molecular weight excluding hydrogens is 282 g/mol. The normalized spacial score (nSPS) is 10.7. The van der Waals surface area contributed by atoms with Crippen molar-refractivity contribution in [3.8, 4) is 5.75 Å². The summed E-state index contributed by atoms with van der Waals surface area (Å²) in [6.07, 6.45) is 1.64. The lowest BCUT2D eigenvalue weighted by molar-refractivity contribution is -0.0493. The SMILES string of the molecule is FC(F)Oc1ccccc1NCc1cnc(Cl)s1. The Morgan fingerprint density at radius 3 is 2.83 bits per heavy atom. The van der Waals surface area contributed by atoms with Gasteiger partial charge in [-0.2, -0.15) is 8.78 Å². The van der Waals surface area contributed by atoms with Crippen LogP contribution < -0.4 is 10.1 Å². The first kappa shape index (κ1) is 13.0. The van der Waals surface area contributed by atoms with E-state index in [1.807, 2.05) is 0 Å². The lowest BCUT2D eigenvalue weighted by atomic mass is 10.3. The summed E-state index contributed by atoms with van der Waals surface area (Å²) in [5, 5.41) is 3.00. The molecule has 1 N–H and O–H groups in total. The van der Waals surface area contributed by atoms with Crippen LogP contribution in [0.25, 0.3) is 0 Å². The van der Waals surface area contributed by atoms with Crippen molar-refractivity contribution in [1.29, 1.82) is 0 Å². The molecule has 96 valence electrons. The Morgan fingerprint density at radius 2 is 2.17 bits per heavy atom. The molecule has 0 fully saturated rings. The number of ether oxygens (including phenoxy) is 1. The van der Waals surface area contributed by atoms with Crippen molar-refractivity contribution in [2.45, 2.75) is 13.2 Å². The second-order valence-electron chi connectivity index (χ2n) is 3.31. The number of thiazole rings is 1. The van der Waals surface area contributed by atoms with E-state index >= 15 is 0 Å². The highest BCUT2D eigenvalue weighted by Crippen LogP contribution is 2.27. The van der Waals surface area contributed by atoms with Crippen LogP contribution in [0.5, 0.6) is 5.75 Å². The number of alkyl halides is 2. The predicted molar refractivity (Wildman–Crippen MR) is 67.5 cm³/mol. The molecule has 3 nitrogen and oxygen atoms in total. The average molecular weight is 291 g/mol. The second-order valence-corrected chi connectivity index (χ2v) is 5.01. The van der Waals surface area contributed by atoms with Gasteiger partial charge in [0.2, 0.25) is 0 Å². The molecule has 0 unspecified atom stereocenters. The van der Waals surface area contributed by atoms with Crippen molar-refractivity contribution in [2.24, 2.45) is 0 Å². The summed E-state index contributed by atoms with van der Waals surface area (Å²) < 4.78 is 29.2. The van der Waals surface area contributed by atoms with E-state index in [9.17, 15) is 8.78 Å². The molecule has 1 heterocycles. The van der Waals surface area contributed by atoms with E-state index in [1.165, 1.54) is 17.4 Å². The summed E-state index contributed by atoms with van der Waals surface area (Å²) in [5.74, 6) is 0.114. The van der Waals surface area contributed by atoms with Crippen LogP contribution in [-0.4, -0.2) is 11.6 Å². The molecule has 7 heteroatoms. The predicted octanol–water partition coefficient (Wildman–Crippen LogP) is 4.01. The Balaban J connectivity index is 2.04. The molecule has 2 aromatic rings. The quantitative estimate of drug-likeness (QED) is 0.903. The number of nitrogens with one attached hydrogen (secondary N) is 1. The smallest absolute Gasteiger partial charge is 0.387 e. The van der Waals surface area contributed by atoms with Crippen LogP contribution in [0, 0.1) is 0 Å². The molecule has 1 aromatic carbocycles. The maximum Gasteiger partial charge on any atom is 0.387 e. The van der Waals surface area contributed by atoms with Crippen LogP contribution in [0.4, 0.5) is 14.5 Å². The van der Waals surface area contributed by atoms with Crippen molar-refractivity contribution in [2.75, 3.05) is 5.32 Å². The minimum Gasteiger partial charge on any atom is -0.433 e. The van der Waals surface area contributed by atoms with E-state index in [0.29, 0.717) is 16.7 Å². The number of benzene rings is 1. The Bertz CT molecular complexity index is 521. The minimum absolute atomic E-state index is 0.114. The molecule has 2 rings (SSSR count). The summed E-state index contributed by atoms with van der Waals surface area (Å²) in [6.45, 7) is -2.39. The number of nitrogens with zero attached hydrogens (tertiary/aromatic N) is 1. The number of hydrogen-bond acceptors (Lipinski definition) is 4. The first-order valence-corrected chi connectivity index (χ1v) is 6.22. The third-order valence-corrected chi connectivity index (χ3v) is 3.20. The highest BCUT2D eigenvalue weighted by Gasteiger charge is 2.09. The van der Waals surface area contributed by atoms with E-state index in [4.69, 9.17) is 11.6 Å². The Kier molecular flexibility index (Phi) is 4.33. The van der Waals surface area contributed by atoms with Crippen molar-refractivity contribution in [3.63, 3.8) is 0 Å². The molecular formula is C11H9ClF2N2OS. The summed E-state index contributed by atoms with van der Waals surface area (Å²) >= 11 is 7.03. The van der Waals surface area contributed by atoms with Crippen LogP contribution >= 0.6 is 22.9 Å². The summed E-state index contributed by atoms with van der Waals surface area (Å²) in [5.41, 5.74) is 0.502. The van der Waals surface area contributed by atoms with Crippen LogP contribution in [0.2, 0.25) is 4.47 Å². The van der Waals surface area contributed by atoms with Gasteiger partial charge in [-0.25, -0.2) is 4.98 Å². The number of aromatic nitrogens is 1. The van der Waals surface area contributed by atoms with Crippen molar-refractivity contribution in [1.82, 2.24) is 4.98 Å². The molecule has 0 saturated heterocycles. The van der Waals surface area contributed by atoms with E-state index < -0.39 is 6.61 Å². The molecule has 0 spiro atoms. The summed E-state index contributed by atoms with van der Waals surface area (Å²) in [4.78, 5) is 4.80. The number of rotatable bonds is 5. The molecule has 1 aromatic heterocycles. The zero-order valence-electron chi connectivity index (χ0n) is 9.07. The molecule has 0 bridgehead atoms. The molecule has 0 aliphatic rings. The second kappa shape index (κ2) is 5.97. The third kappa shape index (κ3) is 3.54. The fourth-order valence-corrected chi connectivity index (χ4v) is 2.28. The molecule has 0 saturated carbocycles. The lowest BCUT2D eigenvalue weighted by Crippen LogP contribution is -2.06. The fraction of sp³-hybridized carbons (Fsp3) is 0.182. The molecule has 18 heavy (non-hydrogen) atoms. The van der Waals surface area contributed by atoms with Gasteiger partial charge in [0.25, 0.3) is 0 Å². The highest BCUT2D eigenvalue weighted by molar-refractivity contribution is 7.15. The van der Waals surface area contributed by atoms with Crippen LogP contribution in [0.1, 0.15) is 4.88 Å². The molecule has 0 aliphatic carbocycles. The number of halogens is 3. The molecule has 0 radical (unpaired) electrons. The van der Waals surface area contributed by atoms with Crippen molar-refractivity contribution >= 4 is 28.6 Å². The first-order valence-electron chi connectivity index (χ1n) is 5.03. The molecule has 0 amide bonds. The van der Waals surface area contributed by atoms with Crippen LogP contribution in [0.3, 0.4) is 0 Å². The Labute approximate surface area is 111 Å². The minimum atomic E-state index is -2.84. The molecule has 0 atom stereocenters. The van der Waals surface area contributed by atoms with Gasteiger partial charge in [0, 0.05) is 11.1 Å². The van der Waals surface area contributed by atoms with E-state index in [-0.39, 0.29) is 5.75 Å². The highest BCUT2D eigenvalue weighted by atomic mass is 35.5. The maximum absolute atomic E-state index is 12.2. The monoisotopic (exact) mass is 290 g/mol. The zero-order chi connectivity index (χ0) is 13.0. The van der Waals surface area contributed by atoms with E-state index in [0.717, 1.165) is 4.88 Å². The standard InChI is InChI=1S/C11H9ClF2N2OS/c12-10-16-6-7(18-10)5-15-8-3-1-2-4-9(8)17-11(13)14/h1-4,6,11,15H,5H2. The van der Waals surface area contributed by atoms with Gasteiger partial charge in [-0.3, -0.25) is 0 Å². The van der Waals surface area contributed by atoms with Gasteiger partial charge in [0.05, 0.1) is 12.2 Å². The van der Waals surface area contributed by atoms with E-state index in [1.54, 1.807) is 24.4 Å². The van der Waals surface area contributed by atoms with Gasteiger partial charge in [-0.1, -0.05) is 23.7 Å². The fourth-order valence-electron chi connectivity index (χ4n) is 1.36. The van der Waals surface area contributed by atoms with Crippen LogP contribution in [-0.2, 0) is 6.54 Å². The van der Waals surface area contributed by atoms with Crippen LogP contribution in [0.15, 0.2) is 30.5 Å². The summed E-state index contributed by atoms with van der Waals surface area (Å²) in [6, 6.07) is 6.52. The van der Waals surface area contributed by atoms with Gasteiger partial charge in [-0.05, 0) is 12.1 Å². The van der Waals surface area contributed by atoms with Crippen molar-refractivity contribution in [3.05, 3.63) is 39.8 Å². The topological polar surface area (TPSA) is 34.1 Å². The van der Waals surface area contributed by atoms with Gasteiger partial charge in [-0.15, -0.1) is 11.3 Å². The summed E-state index contributed by atoms with van der Waals surface area (Å²) in [7, 11) is 0. The number of hydrogen-bond donors (Lipinski definition) is 1. The zero-order valence-corrected chi connectivity index (χ0v) is 10.6.